The molecular weight excluding hydrogens is 251 g/mol. The smallest absolute Gasteiger partial charge is 0.141 e. The number of nitrogens with zero attached hydrogens (tertiary/aromatic N) is 1. The van der Waals surface area contributed by atoms with Crippen molar-refractivity contribution < 1.29 is 4.39 Å². The van der Waals surface area contributed by atoms with E-state index in [1.807, 2.05) is 31.3 Å². The van der Waals surface area contributed by atoms with Gasteiger partial charge in [-0.15, -0.1) is 0 Å². The SMILES string of the molecule is CNC(Cc1ccc(Cl)cc1)c1cncc(F)c1. The van der Waals surface area contributed by atoms with Gasteiger partial charge in [-0.3, -0.25) is 4.98 Å². The van der Waals surface area contributed by atoms with E-state index in [2.05, 4.69) is 10.3 Å². The van der Waals surface area contributed by atoms with Crippen LogP contribution >= 0.6 is 11.6 Å². The third kappa shape index (κ3) is 3.28. The molecule has 2 aromatic rings. The first kappa shape index (κ1) is 13.0. The van der Waals surface area contributed by atoms with E-state index in [0.717, 1.165) is 17.5 Å². The summed E-state index contributed by atoms with van der Waals surface area (Å²) in [4.78, 5) is 3.87. The molecule has 0 saturated carbocycles. The number of rotatable bonds is 4. The van der Waals surface area contributed by atoms with Crippen LogP contribution in [-0.2, 0) is 6.42 Å². The van der Waals surface area contributed by atoms with Crippen molar-refractivity contribution in [2.24, 2.45) is 0 Å². The van der Waals surface area contributed by atoms with E-state index in [0.29, 0.717) is 5.02 Å². The largest absolute Gasteiger partial charge is 0.313 e. The quantitative estimate of drug-likeness (QED) is 0.916. The topological polar surface area (TPSA) is 24.9 Å². The minimum absolute atomic E-state index is 0.0365. The lowest BCUT2D eigenvalue weighted by Crippen LogP contribution is -2.19. The number of benzene rings is 1. The number of hydrogen-bond acceptors (Lipinski definition) is 2. The molecule has 0 saturated heterocycles. The first-order valence-corrected chi connectivity index (χ1v) is 6.09. The third-order valence-corrected chi connectivity index (χ3v) is 3.08. The van der Waals surface area contributed by atoms with E-state index in [-0.39, 0.29) is 11.9 Å². The van der Waals surface area contributed by atoms with Crippen molar-refractivity contribution in [1.29, 1.82) is 0 Å². The van der Waals surface area contributed by atoms with Crippen molar-refractivity contribution in [2.45, 2.75) is 12.5 Å². The van der Waals surface area contributed by atoms with Gasteiger partial charge in [-0.25, -0.2) is 4.39 Å². The van der Waals surface area contributed by atoms with E-state index in [4.69, 9.17) is 11.6 Å². The summed E-state index contributed by atoms with van der Waals surface area (Å²) in [5, 5.41) is 3.88. The molecule has 0 radical (unpaired) electrons. The molecule has 2 nitrogen and oxygen atoms in total. The average molecular weight is 265 g/mol. The van der Waals surface area contributed by atoms with Crippen molar-refractivity contribution in [3.05, 3.63) is 64.7 Å². The molecule has 0 fully saturated rings. The lowest BCUT2D eigenvalue weighted by molar-refractivity contribution is 0.572. The fraction of sp³-hybridized carbons (Fsp3) is 0.214. The molecule has 0 bridgehead atoms. The van der Waals surface area contributed by atoms with E-state index in [9.17, 15) is 4.39 Å². The Morgan fingerprint density at radius 2 is 2.00 bits per heavy atom. The van der Waals surface area contributed by atoms with Gasteiger partial charge in [0.05, 0.1) is 6.20 Å². The van der Waals surface area contributed by atoms with Crippen LogP contribution in [0, 0.1) is 5.82 Å². The van der Waals surface area contributed by atoms with Gasteiger partial charge < -0.3 is 5.32 Å². The maximum atomic E-state index is 13.1. The maximum Gasteiger partial charge on any atom is 0.141 e. The summed E-state index contributed by atoms with van der Waals surface area (Å²) >= 11 is 5.84. The molecule has 1 aromatic heterocycles. The molecule has 1 heterocycles. The summed E-state index contributed by atoms with van der Waals surface area (Å²) < 4.78 is 13.1. The van der Waals surface area contributed by atoms with Gasteiger partial charge in [-0.05, 0) is 42.8 Å². The Hall–Kier alpha value is -1.45. The number of aromatic nitrogens is 1. The molecule has 1 unspecified atom stereocenters. The average Bonchev–Trinajstić information content (AvgIpc) is 2.38. The zero-order valence-corrected chi connectivity index (χ0v) is 10.8. The van der Waals surface area contributed by atoms with Gasteiger partial charge in [0.1, 0.15) is 5.82 Å². The van der Waals surface area contributed by atoms with Crippen LogP contribution in [0.25, 0.3) is 0 Å². The van der Waals surface area contributed by atoms with Gasteiger partial charge in [0.25, 0.3) is 0 Å². The predicted molar refractivity (Wildman–Crippen MR) is 71.2 cm³/mol. The minimum atomic E-state index is -0.316. The van der Waals surface area contributed by atoms with Crippen LogP contribution in [0.2, 0.25) is 5.02 Å². The number of pyridine rings is 1. The Bertz CT molecular complexity index is 513. The minimum Gasteiger partial charge on any atom is -0.313 e. The van der Waals surface area contributed by atoms with Crippen molar-refractivity contribution in [3.8, 4) is 0 Å². The Balaban J connectivity index is 2.17. The van der Waals surface area contributed by atoms with E-state index >= 15 is 0 Å². The standard InChI is InChI=1S/C14H14ClFN2/c1-17-14(11-7-13(16)9-18-8-11)6-10-2-4-12(15)5-3-10/h2-5,7-9,14,17H,6H2,1H3. The molecule has 0 aliphatic heterocycles. The summed E-state index contributed by atoms with van der Waals surface area (Å²) in [6.45, 7) is 0. The molecule has 1 aromatic carbocycles. The van der Waals surface area contributed by atoms with E-state index in [1.54, 1.807) is 6.20 Å². The lowest BCUT2D eigenvalue weighted by atomic mass is 10.0. The number of likely N-dealkylation sites (N-methyl/N-ethyl adjacent to an activating group) is 1. The van der Waals surface area contributed by atoms with Crippen LogP contribution in [0.4, 0.5) is 4.39 Å². The fourth-order valence-corrected chi connectivity index (χ4v) is 1.99. The number of nitrogens with one attached hydrogen (secondary N) is 1. The molecule has 0 spiro atoms. The highest BCUT2D eigenvalue weighted by molar-refractivity contribution is 6.30. The third-order valence-electron chi connectivity index (χ3n) is 2.83. The van der Waals surface area contributed by atoms with Gasteiger partial charge in [0, 0.05) is 17.3 Å². The second-order valence-electron chi connectivity index (χ2n) is 4.11. The summed E-state index contributed by atoms with van der Waals surface area (Å²) in [5.74, 6) is -0.316. The summed E-state index contributed by atoms with van der Waals surface area (Å²) in [7, 11) is 1.85. The Morgan fingerprint density at radius 1 is 1.28 bits per heavy atom. The molecule has 0 amide bonds. The molecule has 18 heavy (non-hydrogen) atoms. The molecule has 2 rings (SSSR count). The molecule has 1 N–H and O–H groups in total. The van der Waals surface area contributed by atoms with Gasteiger partial charge in [-0.1, -0.05) is 23.7 Å². The van der Waals surface area contributed by atoms with Crippen LogP contribution < -0.4 is 5.32 Å². The number of halogens is 2. The predicted octanol–water partition coefficient (Wildman–Crippen LogP) is 3.38. The van der Waals surface area contributed by atoms with Crippen LogP contribution in [0.3, 0.4) is 0 Å². The molecular formula is C14H14ClFN2. The normalized spacial score (nSPS) is 12.4. The molecule has 0 aliphatic rings. The maximum absolute atomic E-state index is 13.1. The van der Waals surface area contributed by atoms with Crippen LogP contribution in [0.15, 0.2) is 42.7 Å². The zero-order valence-electron chi connectivity index (χ0n) is 10.0. The highest BCUT2D eigenvalue weighted by Crippen LogP contribution is 2.19. The van der Waals surface area contributed by atoms with Crippen molar-refractivity contribution in [2.75, 3.05) is 7.05 Å². The monoisotopic (exact) mass is 264 g/mol. The van der Waals surface area contributed by atoms with Crippen LogP contribution in [-0.4, -0.2) is 12.0 Å². The van der Waals surface area contributed by atoms with Gasteiger partial charge >= 0.3 is 0 Å². The molecule has 4 heteroatoms. The summed E-state index contributed by atoms with van der Waals surface area (Å²) in [6.07, 6.45) is 3.65. The molecule has 1 atom stereocenters. The van der Waals surface area contributed by atoms with E-state index in [1.165, 1.54) is 12.3 Å². The van der Waals surface area contributed by atoms with Crippen LogP contribution in [0.5, 0.6) is 0 Å². The first-order valence-electron chi connectivity index (χ1n) is 5.71. The Labute approximate surface area is 111 Å². The number of hydrogen-bond donors (Lipinski definition) is 1. The van der Waals surface area contributed by atoms with Gasteiger partial charge in [0.15, 0.2) is 0 Å². The van der Waals surface area contributed by atoms with Crippen molar-refractivity contribution in [1.82, 2.24) is 10.3 Å². The van der Waals surface area contributed by atoms with Crippen molar-refractivity contribution >= 4 is 11.6 Å². The van der Waals surface area contributed by atoms with Crippen molar-refractivity contribution in [3.63, 3.8) is 0 Å². The highest BCUT2D eigenvalue weighted by Gasteiger charge is 2.11. The summed E-state index contributed by atoms with van der Waals surface area (Å²) in [5.41, 5.74) is 1.98. The van der Waals surface area contributed by atoms with E-state index < -0.39 is 0 Å². The zero-order chi connectivity index (χ0) is 13.0. The Morgan fingerprint density at radius 3 is 2.61 bits per heavy atom. The second-order valence-corrected chi connectivity index (χ2v) is 4.54. The van der Waals surface area contributed by atoms with Gasteiger partial charge in [-0.2, -0.15) is 0 Å². The fourth-order valence-electron chi connectivity index (χ4n) is 1.86. The first-order chi connectivity index (χ1) is 8.69. The summed E-state index contributed by atoms with van der Waals surface area (Å²) in [6, 6.07) is 9.19. The lowest BCUT2D eigenvalue weighted by Gasteiger charge is -2.16. The van der Waals surface area contributed by atoms with Gasteiger partial charge in [0.2, 0.25) is 0 Å². The Kier molecular flexibility index (Phi) is 4.28. The molecule has 94 valence electrons. The van der Waals surface area contributed by atoms with Crippen LogP contribution in [0.1, 0.15) is 17.2 Å². The highest BCUT2D eigenvalue weighted by atomic mass is 35.5. The second kappa shape index (κ2) is 5.94. The molecule has 0 aliphatic carbocycles.